The molecule has 0 saturated carbocycles. The Balaban J connectivity index is 2.70. The molecule has 0 saturated heterocycles. The molecule has 1 aliphatic carbocycles. The van der Waals surface area contributed by atoms with Crippen LogP contribution in [0.4, 0.5) is 0 Å². The summed E-state index contributed by atoms with van der Waals surface area (Å²) in [6.45, 7) is 5.66. The van der Waals surface area contributed by atoms with Gasteiger partial charge in [0.2, 0.25) is 0 Å². The van der Waals surface area contributed by atoms with E-state index >= 15 is 0 Å². The Kier molecular flexibility index (Phi) is 7.10. The maximum absolute atomic E-state index is 9.68. The lowest BCUT2D eigenvalue weighted by Crippen LogP contribution is -2.38. The summed E-state index contributed by atoms with van der Waals surface area (Å²) in [7, 11) is 2.96. The number of ether oxygens (including phenoxy) is 2. The van der Waals surface area contributed by atoms with Gasteiger partial charge in [-0.25, -0.2) is 0 Å². The summed E-state index contributed by atoms with van der Waals surface area (Å²) in [5.74, 6) is -6.70. The largest absolute Gasteiger partial charge is 0.496 e. The standard InChI is InChI=1S/C21H30O8/c1-5-6-13-9-17(28-3)19(18(10-13)29-4)16-11-14(21(25,26)27)7-8-15(16)12(2)20(22,23)24/h9-11,15-16,22-27H,2,5-8H2,1,3-4H3. The van der Waals surface area contributed by atoms with Gasteiger partial charge >= 0.3 is 0 Å². The van der Waals surface area contributed by atoms with E-state index in [-0.39, 0.29) is 24.0 Å². The lowest BCUT2D eigenvalue weighted by molar-refractivity contribution is -0.287. The lowest BCUT2D eigenvalue weighted by atomic mass is 9.72. The van der Waals surface area contributed by atoms with Gasteiger partial charge in [0.25, 0.3) is 11.9 Å². The molecule has 8 nitrogen and oxygen atoms in total. The Morgan fingerprint density at radius 2 is 1.62 bits per heavy atom. The normalized spacial score (nSPS) is 20.2. The van der Waals surface area contributed by atoms with E-state index in [9.17, 15) is 30.6 Å². The Bertz CT molecular complexity index is 745. The summed E-state index contributed by atoms with van der Waals surface area (Å²) in [6, 6.07) is 3.66. The molecule has 1 aromatic rings. The smallest absolute Gasteiger partial charge is 0.300 e. The number of benzene rings is 1. The summed E-state index contributed by atoms with van der Waals surface area (Å²) < 4.78 is 11.1. The van der Waals surface area contributed by atoms with Gasteiger partial charge in [0.1, 0.15) is 11.5 Å². The first-order chi connectivity index (χ1) is 13.4. The topological polar surface area (TPSA) is 140 Å². The van der Waals surface area contributed by atoms with E-state index in [1.807, 2.05) is 19.1 Å². The molecule has 0 radical (unpaired) electrons. The molecule has 162 valence electrons. The number of rotatable bonds is 8. The third kappa shape index (κ3) is 5.16. The highest BCUT2D eigenvalue weighted by molar-refractivity contribution is 5.53. The van der Waals surface area contributed by atoms with Gasteiger partial charge in [-0.15, -0.1) is 0 Å². The van der Waals surface area contributed by atoms with Gasteiger partial charge in [-0.2, -0.15) is 0 Å². The summed E-state index contributed by atoms with van der Waals surface area (Å²) in [6.07, 6.45) is 3.30. The Morgan fingerprint density at radius 1 is 1.07 bits per heavy atom. The van der Waals surface area contributed by atoms with Gasteiger partial charge in [0.15, 0.2) is 0 Å². The Morgan fingerprint density at radius 3 is 2.03 bits per heavy atom. The molecule has 1 aromatic carbocycles. The van der Waals surface area contributed by atoms with Crippen LogP contribution in [0.3, 0.4) is 0 Å². The molecular weight excluding hydrogens is 380 g/mol. The fraction of sp³-hybridized carbons (Fsp3) is 0.524. The summed E-state index contributed by atoms with van der Waals surface area (Å²) in [5.41, 5.74) is 1.15. The van der Waals surface area contributed by atoms with Gasteiger partial charge in [-0.05, 0) is 42.9 Å². The Hall–Kier alpha value is -1.94. The van der Waals surface area contributed by atoms with Crippen molar-refractivity contribution in [3.05, 3.63) is 47.1 Å². The van der Waals surface area contributed by atoms with Crippen LogP contribution < -0.4 is 9.47 Å². The van der Waals surface area contributed by atoms with Crippen molar-refractivity contribution in [3.8, 4) is 11.5 Å². The first-order valence-corrected chi connectivity index (χ1v) is 9.43. The molecule has 0 amide bonds. The molecule has 0 heterocycles. The van der Waals surface area contributed by atoms with Gasteiger partial charge < -0.3 is 40.1 Å². The molecule has 0 aliphatic heterocycles. The van der Waals surface area contributed by atoms with E-state index in [0.717, 1.165) is 18.4 Å². The zero-order valence-corrected chi connectivity index (χ0v) is 16.9. The van der Waals surface area contributed by atoms with Crippen LogP contribution in [-0.2, 0) is 6.42 Å². The van der Waals surface area contributed by atoms with Crippen molar-refractivity contribution in [1.29, 1.82) is 0 Å². The lowest BCUT2D eigenvalue weighted by Gasteiger charge is -2.37. The SMILES string of the molecule is C=C(C1CCC(C(O)(O)O)=CC1c1c(OC)cc(CCC)cc1OC)C(O)(O)O. The number of methoxy groups -OCH3 is 2. The van der Waals surface area contributed by atoms with Gasteiger partial charge in [0, 0.05) is 22.6 Å². The molecular formula is C21H30O8. The quantitative estimate of drug-likeness (QED) is 0.274. The highest BCUT2D eigenvalue weighted by Gasteiger charge is 2.41. The van der Waals surface area contributed by atoms with Crippen LogP contribution in [0.25, 0.3) is 0 Å². The van der Waals surface area contributed by atoms with Crippen LogP contribution in [-0.4, -0.2) is 56.8 Å². The second-order valence-electron chi connectivity index (χ2n) is 7.32. The second-order valence-corrected chi connectivity index (χ2v) is 7.32. The van der Waals surface area contributed by atoms with Crippen molar-refractivity contribution in [2.75, 3.05) is 14.2 Å². The average Bonchev–Trinajstić information content (AvgIpc) is 2.65. The Labute approximate surface area is 170 Å². The third-order valence-corrected chi connectivity index (χ3v) is 5.32. The zero-order chi connectivity index (χ0) is 22.0. The molecule has 0 aromatic heterocycles. The van der Waals surface area contributed by atoms with Crippen LogP contribution in [0.1, 0.15) is 43.2 Å². The minimum absolute atomic E-state index is 0.0400. The summed E-state index contributed by atoms with van der Waals surface area (Å²) >= 11 is 0. The van der Waals surface area contributed by atoms with Crippen LogP contribution in [0, 0.1) is 5.92 Å². The van der Waals surface area contributed by atoms with Crippen molar-refractivity contribution in [3.63, 3.8) is 0 Å². The van der Waals surface area contributed by atoms with E-state index in [2.05, 4.69) is 6.58 Å². The maximum atomic E-state index is 9.68. The van der Waals surface area contributed by atoms with Crippen LogP contribution in [0.15, 0.2) is 35.9 Å². The molecule has 0 fully saturated rings. The summed E-state index contributed by atoms with van der Waals surface area (Å²) in [4.78, 5) is 0. The molecule has 0 bridgehead atoms. The molecule has 6 N–H and O–H groups in total. The van der Waals surface area contributed by atoms with Gasteiger partial charge in [-0.1, -0.05) is 26.0 Å². The first kappa shape index (κ1) is 23.3. The number of hydrogen-bond donors (Lipinski definition) is 6. The van der Waals surface area contributed by atoms with E-state index in [4.69, 9.17) is 9.47 Å². The molecule has 1 aliphatic rings. The average molecular weight is 410 g/mol. The van der Waals surface area contributed by atoms with Gasteiger partial charge in [0.05, 0.1) is 14.2 Å². The molecule has 2 atom stereocenters. The van der Waals surface area contributed by atoms with Crippen molar-refractivity contribution in [2.24, 2.45) is 5.92 Å². The zero-order valence-electron chi connectivity index (χ0n) is 16.9. The highest BCUT2D eigenvalue weighted by atomic mass is 16.7. The van der Waals surface area contributed by atoms with Crippen molar-refractivity contribution < 1.29 is 40.1 Å². The van der Waals surface area contributed by atoms with Crippen LogP contribution in [0.5, 0.6) is 11.5 Å². The van der Waals surface area contributed by atoms with Crippen LogP contribution >= 0.6 is 0 Å². The molecule has 8 heteroatoms. The minimum atomic E-state index is -3.12. The number of hydrogen-bond acceptors (Lipinski definition) is 8. The summed E-state index contributed by atoms with van der Waals surface area (Å²) in [5, 5.41) is 58.0. The first-order valence-electron chi connectivity index (χ1n) is 9.43. The predicted octanol–water partition coefficient (Wildman–Crippen LogP) is 0.894. The van der Waals surface area contributed by atoms with Crippen molar-refractivity contribution in [1.82, 2.24) is 0 Å². The van der Waals surface area contributed by atoms with Crippen molar-refractivity contribution in [2.45, 2.75) is 50.5 Å². The monoisotopic (exact) mass is 410 g/mol. The van der Waals surface area contributed by atoms with E-state index in [1.165, 1.54) is 20.3 Å². The second kappa shape index (κ2) is 8.83. The molecule has 29 heavy (non-hydrogen) atoms. The molecule has 2 unspecified atom stereocenters. The molecule has 0 spiro atoms. The number of aryl methyl sites for hydroxylation is 1. The van der Waals surface area contributed by atoms with E-state index in [0.29, 0.717) is 17.1 Å². The number of aliphatic hydroxyl groups is 6. The van der Waals surface area contributed by atoms with Crippen molar-refractivity contribution >= 4 is 0 Å². The van der Waals surface area contributed by atoms with Crippen LogP contribution in [0.2, 0.25) is 0 Å². The minimum Gasteiger partial charge on any atom is -0.496 e. The van der Waals surface area contributed by atoms with E-state index < -0.39 is 23.8 Å². The third-order valence-electron chi connectivity index (χ3n) is 5.32. The highest BCUT2D eigenvalue weighted by Crippen LogP contribution is 2.49. The van der Waals surface area contributed by atoms with Gasteiger partial charge in [-0.3, -0.25) is 0 Å². The predicted molar refractivity (Wildman–Crippen MR) is 105 cm³/mol. The number of allylic oxidation sites excluding steroid dienone is 1. The fourth-order valence-corrected chi connectivity index (χ4v) is 3.87. The maximum Gasteiger partial charge on any atom is 0.300 e. The van der Waals surface area contributed by atoms with E-state index in [1.54, 1.807) is 0 Å². The fourth-order valence-electron chi connectivity index (χ4n) is 3.87. The molecule has 2 rings (SSSR count).